The zero-order valence-corrected chi connectivity index (χ0v) is 15.6. The van der Waals surface area contributed by atoms with E-state index in [1.54, 1.807) is 12.1 Å². The molecule has 0 fully saturated rings. The first-order chi connectivity index (χ1) is 14.0. The second-order valence-electron chi connectivity index (χ2n) is 6.69. The lowest BCUT2D eigenvalue weighted by Crippen LogP contribution is -1.94. The van der Waals surface area contributed by atoms with Gasteiger partial charge < -0.3 is 4.74 Å². The molecule has 0 atom stereocenters. The Morgan fingerprint density at radius 2 is 1.66 bits per heavy atom. The van der Waals surface area contributed by atoms with Crippen LogP contribution in [0.4, 0.5) is 5.69 Å². The van der Waals surface area contributed by atoms with Crippen LogP contribution in [0.15, 0.2) is 78.9 Å². The van der Waals surface area contributed by atoms with Gasteiger partial charge in [0.1, 0.15) is 11.5 Å². The van der Waals surface area contributed by atoms with E-state index in [4.69, 9.17) is 10.00 Å². The number of aryl methyl sites for hydroxylation is 1. The monoisotopic (exact) mass is 380 g/mol. The van der Waals surface area contributed by atoms with E-state index in [0.29, 0.717) is 22.6 Å². The average Bonchev–Trinajstić information content (AvgIpc) is 2.74. The second kappa shape index (κ2) is 7.45. The molecule has 0 radical (unpaired) electrons. The lowest BCUT2D eigenvalue weighted by atomic mass is 9.99. The highest BCUT2D eigenvalue weighted by Gasteiger charge is 2.15. The van der Waals surface area contributed by atoms with Crippen molar-refractivity contribution in [1.29, 1.82) is 5.26 Å². The Morgan fingerprint density at radius 3 is 2.41 bits per heavy atom. The van der Waals surface area contributed by atoms with Crippen LogP contribution in [0.5, 0.6) is 11.5 Å². The van der Waals surface area contributed by atoms with Crippen molar-refractivity contribution in [3.8, 4) is 28.7 Å². The first-order valence-corrected chi connectivity index (χ1v) is 9.01. The zero-order chi connectivity index (χ0) is 20.4. The largest absolute Gasteiger partial charge is 0.457 e. The van der Waals surface area contributed by atoms with Gasteiger partial charge in [-0.15, -0.1) is 0 Å². The van der Waals surface area contributed by atoms with Crippen LogP contribution in [-0.4, -0.2) is 4.92 Å². The number of ether oxygens (including phenoxy) is 1. The molecular weight excluding hydrogens is 364 g/mol. The van der Waals surface area contributed by atoms with Gasteiger partial charge >= 0.3 is 0 Å². The van der Waals surface area contributed by atoms with Gasteiger partial charge in [-0.1, -0.05) is 36.4 Å². The molecule has 0 saturated heterocycles. The van der Waals surface area contributed by atoms with Gasteiger partial charge in [0.25, 0.3) is 5.69 Å². The predicted molar refractivity (Wildman–Crippen MR) is 112 cm³/mol. The summed E-state index contributed by atoms with van der Waals surface area (Å²) in [6.45, 7) is 1.96. The SMILES string of the molecule is Cc1ccccc1-c1cc([N+](=O)[O-])ccc1Oc1ccc2cc(C#N)ccc2c1. The van der Waals surface area contributed by atoms with Gasteiger partial charge in [0.2, 0.25) is 0 Å². The number of rotatable bonds is 4. The van der Waals surface area contributed by atoms with Crippen LogP contribution in [-0.2, 0) is 0 Å². The lowest BCUT2D eigenvalue weighted by Gasteiger charge is -2.13. The molecule has 140 valence electrons. The van der Waals surface area contributed by atoms with Crippen molar-refractivity contribution >= 4 is 16.5 Å². The third-order valence-corrected chi connectivity index (χ3v) is 4.78. The van der Waals surface area contributed by atoms with Crippen LogP contribution in [0.2, 0.25) is 0 Å². The Kier molecular flexibility index (Phi) is 4.68. The summed E-state index contributed by atoms with van der Waals surface area (Å²) in [6, 6.07) is 25.5. The molecule has 4 aromatic rings. The summed E-state index contributed by atoms with van der Waals surface area (Å²) in [7, 11) is 0. The van der Waals surface area contributed by atoms with Crippen molar-refractivity contribution < 1.29 is 9.66 Å². The summed E-state index contributed by atoms with van der Waals surface area (Å²) < 4.78 is 6.13. The van der Waals surface area contributed by atoms with Gasteiger partial charge in [0.15, 0.2) is 0 Å². The number of fused-ring (bicyclic) bond motifs is 1. The number of nitro groups is 1. The standard InChI is InChI=1S/C24H16N2O3/c1-16-4-2-3-5-22(16)23-14-20(26(27)28)9-11-24(23)29-21-10-8-18-12-17(15-25)6-7-19(18)13-21/h2-14H,1H3. The summed E-state index contributed by atoms with van der Waals surface area (Å²) in [5.41, 5.74) is 3.16. The lowest BCUT2D eigenvalue weighted by molar-refractivity contribution is -0.384. The van der Waals surface area contributed by atoms with Crippen molar-refractivity contribution in [2.75, 3.05) is 0 Å². The summed E-state index contributed by atoms with van der Waals surface area (Å²) >= 11 is 0. The Morgan fingerprint density at radius 1 is 0.897 bits per heavy atom. The first kappa shape index (κ1) is 18.2. The number of nitrogens with zero attached hydrogens (tertiary/aromatic N) is 2. The Balaban J connectivity index is 1.79. The molecule has 0 saturated carbocycles. The molecule has 5 nitrogen and oxygen atoms in total. The minimum Gasteiger partial charge on any atom is -0.457 e. The van der Waals surface area contributed by atoms with E-state index in [1.807, 2.05) is 61.5 Å². The minimum absolute atomic E-state index is 0.0122. The summed E-state index contributed by atoms with van der Waals surface area (Å²) in [5, 5.41) is 22.2. The normalized spacial score (nSPS) is 10.5. The summed E-state index contributed by atoms with van der Waals surface area (Å²) in [4.78, 5) is 10.9. The molecule has 0 spiro atoms. The highest BCUT2D eigenvalue weighted by molar-refractivity contribution is 5.85. The molecule has 0 aromatic heterocycles. The fraction of sp³-hybridized carbons (Fsp3) is 0.0417. The molecule has 29 heavy (non-hydrogen) atoms. The molecule has 0 unspecified atom stereocenters. The van der Waals surface area contributed by atoms with Crippen molar-refractivity contribution in [3.63, 3.8) is 0 Å². The van der Waals surface area contributed by atoms with Gasteiger partial charge in [-0.3, -0.25) is 10.1 Å². The first-order valence-electron chi connectivity index (χ1n) is 9.01. The maximum absolute atomic E-state index is 11.3. The Hall–Kier alpha value is -4.17. The van der Waals surface area contributed by atoms with Gasteiger partial charge in [-0.05, 0) is 59.2 Å². The van der Waals surface area contributed by atoms with Gasteiger partial charge in [0, 0.05) is 17.7 Å². The fourth-order valence-corrected chi connectivity index (χ4v) is 3.29. The molecule has 0 aliphatic heterocycles. The van der Waals surface area contributed by atoms with Crippen molar-refractivity contribution in [3.05, 3.63) is 100 Å². The van der Waals surface area contributed by atoms with Gasteiger partial charge in [-0.2, -0.15) is 5.26 Å². The summed E-state index contributed by atoms with van der Waals surface area (Å²) in [5.74, 6) is 1.16. The number of hydrogen-bond acceptors (Lipinski definition) is 4. The molecule has 0 bridgehead atoms. The molecule has 0 aliphatic carbocycles. The van der Waals surface area contributed by atoms with Gasteiger partial charge in [0.05, 0.1) is 16.6 Å². The van der Waals surface area contributed by atoms with Crippen LogP contribution in [0.1, 0.15) is 11.1 Å². The van der Waals surface area contributed by atoms with Crippen LogP contribution in [0, 0.1) is 28.4 Å². The van der Waals surface area contributed by atoms with E-state index in [9.17, 15) is 10.1 Å². The average molecular weight is 380 g/mol. The molecule has 0 N–H and O–H groups in total. The smallest absolute Gasteiger partial charge is 0.270 e. The number of non-ortho nitro benzene ring substituents is 1. The van der Waals surface area contributed by atoms with Crippen LogP contribution >= 0.6 is 0 Å². The highest BCUT2D eigenvalue weighted by Crippen LogP contribution is 2.38. The van der Waals surface area contributed by atoms with E-state index in [2.05, 4.69) is 6.07 Å². The maximum Gasteiger partial charge on any atom is 0.270 e. The fourth-order valence-electron chi connectivity index (χ4n) is 3.29. The van der Waals surface area contributed by atoms with Crippen molar-refractivity contribution in [2.24, 2.45) is 0 Å². The van der Waals surface area contributed by atoms with Crippen LogP contribution in [0.3, 0.4) is 0 Å². The highest BCUT2D eigenvalue weighted by atomic mass is 16.6. The minimum atomic E-state index is -0.408. The van der Waals surface area contributed by atoms with E-state index in [1.165, 1.54) is 12.1 Å². The topological polar surface area (TPSA) is 76.2 Å². The van der Waals surface area contributed by atoms with Crippen LogP contribution in [0.25, 0.3) is 21.9 Å². The Labute approximate surface area is 167 Å². The van der Waals surface area contributed by atoms with Gasteiger partial charge in [-0.25, -0.2) is 0 Å². The van der Waals surface area contributed by atoms with Crippen LogP contribution < -0.4 is 4.74 Å². The molecule has 0 amide bonds. The Bertz CT molecular complexity index is 1290. The molecule has 4 aromatic carbocycles. The molecule has 5 heteroatoms. The van der Waals surface area contributed by atoms with E-state index < -0.39 is 4.92 Å². The van der Waals surface area contributed by atoms with Crippen molar-refractivity contribution in [1.82, 2.24) is 0 Å². The molecule has 0 aliphatic rings. The molecule has 0 heterocycles. The second-order valence-corrected chi connectivity index (χ2v) is 6.69. The summed E-state index contributed by atoms with van der Waals surface area (Å²) in [6.07, 6.45) is 0. The zero-order valence-electron chi connectivity index (χ0n) is 15.6. The molecule has 4 rings (SSSR count). The number of nitro benzene ring substituents is 1. The molecular formula is C24H16N2O3. The number of hydrogen-bond donors (Lipinski definition) is 0. The quantitative estimate of drug-likeness (QED) is 0.304. The van der Waals surface area contributed by atoms with E-state index >= 15 is 0 Å². The third kappa shape index (κ3) is 3.64. The third-order valence-electron chi connectivity index (χ3n) is 4.78. The van der Waals surface area contributed by atoms with E-state index in [0.717, 1.165) is 21.9 Å². The van der Waals surface area contributed by atoms with Crippen molar-refractivity contribution in [2.45, 2.75) is 6.92 Å². The van der Waals surface area contributed by atoms with E-state index in [-0.39, 0.29) is 5.69 Å². The number of nitriles is 1. The number of benzene rings is 4. The predicted octanol–water partition coefficient (Wildman–Crippen LogP) is 6.39. The maximum atomic E-state index is 11.3.